The van der Waals surface area contributed by atoms with Gasteiger partial charge in [0.05, 0.1) is 17.8 Å². The average Bonchev–Trinajstić information content (AvgIpc) is 3.17. The van der Waals surface area contributed by atoms with Crippen LogP contribution in [-0.2, 0) is 9.53 Å². The SMILES string of the molecule is C[C@]12CC[C@H]3[C@@H](CCC4=CC(=O)CC[C@@]43O)[C@@H]1CC1O[C@H]12. The van der Waals surface area contributed by atoms with E-state index in [-0.39, 0.29) is 5.78 Å². The Kier molecular flexibility index (Phi) is 2.32. The van der Waals surface area contributed by atoms with E-state index in [4.69, 9.17) is 4.74 Å². The second kappa shape index (κ2) is 3.80. The van der Waals surface area contributed by atoms with Gasteiger partial charge < -0.3 is 9.84 Å². The van der Waals surface area contributed by atoms with Crippen LogP contribution in [0.1, 0.15) is 51.9 Å². The van der Waals surface area contributed by atoms with Gasteiger partial charge in [0.2, 0.25) is 0 Å². The van der Waals surface area contributed by atoms with Gasteiger partial charge in [0, 0.05) is 6.42 Å². The van der Waals surface area contributed by atoms with E-state index >= 15 is 0 Å². The molecule has 4 fully saturated rings. The minimum Gasteiger partial charge on any atom is -0.385 e. The van der Waals surface area contributed by atoms with Gasteiger partial charge >= 0.3 is 0 Å². The highest BCUT2D eigenvalue weighted by Crippen LogP contribution is 2.67. The lowest BCUT2D eigenvalue weighted by Crippen LogP contribution is -2.55. The Morgan fingerprint density at radius 2 is 2.10 bits per heavy atom. The Labute approximate surface area is 125 Å². The van der Waals surface area contributed by atoms with Crippen LogP contribution in [0.5, 0.6) is 0 Å². The molecule has 3 heteroatoms. The smallest absolute Gasteiger partial charge is 0.155 e. The summed E-state index contributed by atoms with van der Waals surface area (Å²) in [5.41, 5.74) is 0.725. The van der Waals surface area contributed by atoms with Gasteiger partial charge in [-0.15, -0.1) is 0 Å². The zero-order chi connectivity index (χ0) is 14.4. The molecular weight excluding hydrogens is 264 g/mol. The summed E-state index contributed by atoms with van der Waals surface area (Å²) < 4.78 is 5.83. The highest BCUT2D eigenvalue weighted by Gasteiger charge is 2.68. The molecule has 1 N–H and O–H groups in total. The third-order valence-corrected chi connectivity index (χ3v) is 7.60. The number of carbonyl (C=O) groups excluding carboxylic acids is 1. The summed E-state index contributed by atoms with van der Waals surface area (Å²) in [6.45, 7) is 2.42. The fourth-order valence-corrected chi connectivity index (χ4v) is 6.48. The van der Waals surface area contributed by atoms with Crippen molar-refractivity contribution in [3.05, 3.63) is 11.6 Å². The quantitative estimate of drug-likeness (QED) is 0.697. The number of ketones is 1. The monoisotopic (exact) mass is 288 g/mol. The van der Waals surface area contributed by atoms with E-state index in [0.717, 1.165) is 30.8 Å². The van der Waals surface area contributed by atoms with Crippen molar-refractivity contribution in [1.29, 1.82) is 0 Å². The molecule has 0 bridgehead atoms. The molecule has 5 rings (SSSR count). The van der Waals surface area contributed by atoms with E-state index < -0.39 is 5.60 Å². The van der Waals surface area contributed by atoms with E-state index in [1.54, 1.807) is 6.08 Å². The van der Waals surface area contributed by atoms with E-state index in [0.29, 0.717) is 42.3 Å². The molecule has 0 spiro atoms. The Morgan fingerprint density at radius 1 is 1.24 bits per heavy atom. The third kappa shape index (κ3) is 1.49. The highest BCUT2D eigenvalue weighted by molar-refractivity contribution is 5.92. The Morgan fingerprint density at radius 3 is 2.95 bits per heavy atom. The first-order chi connectivity index (χ1) is 10.0. The summed E-state index contributed by atoms with van der Waals surface area (Å²) in [5.74, 6) is 1.95. The first-order valence-electron chi connectivity index (χ1n) is 8.64. The molecule has 5 aliphatic rings. The number of rotatable bonds is 0. The van der Waals surface area contributed by atoms with Crippen molar-refractivity contribution in [2.45, 2.75) is 69.7 Å². The topological polar surface area (TPSA) is 49.8 Å². The molecule has 0 aromatic heterocycles. The first-order valence-corrected chi connectivity index (χ1v) is 8.64. The van der Waals surface area contributed by atoms with Gasteiger partial charge in [-0.25, -0.2) is 0 Å². The van der Waals surface area contributed by atoms with Crippen molar-refractivity contribution >= 4 is 5.78 Å². The van der Waals surface area contributed by atoms with Gasteiger partial charge in [0.25, 0.3) is 0 Å². The van der Waals surface area contributed by atoms with Gasteiger partial charge in [0.15, 0.2) is 5.78 Å². The Balaban J connectivity index is 1.51. The fourth-order valence-electron chi connectivity index (χ4n) is 6.48. The molecule has 1 heterocycles. The summed E-state index contributed by atoms with van der Waals surface area (Å²) in [6, 6.07) is 0. The molecule has 3 saturated carbocycles. The molecular formula is C18H24O3. The molecule has 21 heavy (non-hydrogen) atoms. The molecule has 114 valence electrons. The first kappa shape index (κ1) is 12.8. The number of carbonyl (C=O) groups is 1. The van der Waals surface area contributed by atoms with Crippen molar-refractivity contribution < 1.29 is 14.6 Å². The molecule has 0 amide bonds. The fraction of sp³-hybridized carbons (Fsp3) is 0.833. The lowest BCUT2D eigenvalue weighted by Gasteiger charge is -2.56. The van der Waals surface area contributed by atoms with E-state index in [2.05, 4.69) is 6.92 Å². The molecule has 1 unspecified atom stereocenters. The maximum atomic E-state index is 11.7. The van der Waals surface area contributed by atoms with Gasteiger partial charge in [-0.1, -0.05) is 6.92 Å². The lowest BCUT2D eigenvalue weighted by molar-refractivity contribution is -0.128. The minimum absolute atomic E-state index is 0.212. The minimum atomic E-state index is -0.675. The Hall–Kier alpha value is -0.670. The number of fused-ring (bicyclic) bond motifs is 7. The second-order valence-electron chi connectivity index (χ2n) is 8.35. The summed E-state index contributed by atoms with van der Waals surface area (Å²) in [7, 11) is 0. The van der Waals surface area contributed by atoms with Crippen LogP contribution in [0.3, 0.4) is 0 Å². The molecule has 3 nitrogen and oxygen atoms in total. The standard InChI is InChI=1S/C18H24O3/c1-17-6-5-13-12(14(17)9-15-16(17)21-15)3-2-10-8-11(19)4-7-18(10,13)20/h8,12-16,20H,2-7,9H2,1H3/t12-,13+,14+,15?,16-,17+,18-/m1/s1. The van der Waals surface area contributed by atoms with Gasteiger partial charge in [0.1, 0.15) is 0 Å². The zero-order valence-corrected chi connectivity index (χ0v) is 12.7. The number of aliphatic hydroxyl groups is 1. The van der Waals surface area contributed by atoms with Crippen LogP contribution in [0.25, 0.3) is 0 Å². The summed E-state index contributed by atoms with van der Waals surface area (Å²) in [5, 5.41) is 11.3. The van der Waals surface area contributed by atoms with E-state index in [1.807, 2.05) is 0 Å². The predicted octanol–water partition coefficient (Wildman–Crippen LogP) is 2.62. The van der Waals surface area contributed by atoms with Crippen LogP contribution < -0.4 is 0 Å². The summed E-state index contributed by atoms with van der Waals surface area (Å²) in [4.78, 5) is 11.7. The van der Waals surface area contributed by atoms with Crippen LogP contribution in [-0.4, -0.2) is 28.7 Å². The number of hydrogen-bond donors (Lipinski definition) is 1. The van der Waals surface area contributed by atoms with Crippen molar-refractivity contribution in [3.8, 4) is 0 Å². The van der Waals surface area contributed by atoms with Crippen LogP contribution in [0.15, 0.2) is 11.6 Å². The third-order valence-electron chi connectivity index (χ3n) is 7.60. The number of hydrogen-bond acceptors (Lipinski definition) is 3. The molecule has 1 aliphatic heterocycles. The number of ether oxygens (including phenoxy) is 1. The van der Waals surface area contributed by atoms with Crippen LogP contribution in [0.2, 0.25) is 0 Å². The largest absolute Gasteiger partial charge is 0.385 e. The molecule has 4 aliphatic carbocycles. The van der Waals surface area contributed by atoms with Gasteiger partial charge in [-0.05, 0) is 73.3 Å². The highest BCUT2D eigenvalue weighted by atomic mass is 16.6. The summed E-state index contributed by atoms with van der Waals surface area (Å²) in [6.07, 6.45) is 9.54. The van der Waals surface area contributed by atoms with Gasteiger partial charge in [-0.2, -0.15) is 0 Å². The van der Waals surface area contributed by atoms with Crippen molar-refractivity contribution in [3.63, 3.8) is 0 Å². The maximum absolute atomic E-state index is 11.7. The van der Waals surface area contributed by atoms with Crippen LogP contribution in [0.4, 0.5) is 0 Å². The molecule has 7 atom stereocenters. The molecule has 0 aromatic carbocycles. The lowest BCUT2D eigenvalue weighted by atomic mass is 9.50. The molecule has 0 radical (unpaired) electrons. The van der Waals surface area contributed by atoms with Gasteiger partial charge in [-0.3, -0.25) is 4.79 Å². The van der Waals surface area contributed by atoms with Crippen LogP contribution >= 0.6 is 0 Å². The molecule has 0 aromatic rings. The van der Waals surface area contributed by atoms with Crippen molar-refractivity contribution in [1.82, 2.24) is 0 Å². The van der Waals surface area contributed by atoms with Crippen molar-refractivity contribution in [2.75, 3.05) is 0 Å². The van der Waals surface area contributed by atoms with E-state index in [9.17, 15) is 9.90 Å². The van der Waals surface area contributed by atoms with Crippen molar-refractivity contribution in [2.24, 2.45) is 23.2 Å². The Bertz CT molecular complexity index is 553. The van der Waals surface area contributed by atoms with Crippen LogP contribution in [0, 0.1) is 23.2 Å². The maximum Gasteiger partial charge on any atom is 0.155 e. The zero-order valence-electron chi connectivity index (χ0n) is 12.7. The number of epoxide rings is 1. The second-order valence-corrected chi connectivity index (χ2v) is 8.35. The molecule has 1 saturated heterocycles. The average molecular weight is 288 g/mol. The summed E-state index contributed by atoms with van der Waals surface area (Å²) >= 11 is 0. The normalized spacial score (nSPS) is 57.7. The van der Waals surface area contributed by atoms with E-state index in [1.165, 1.54) is 12.8 Å². The predicted molar refractivity (Wildman–Crippen MR) is 77.6 cm³/mol.